The zero-order valence-corrected chi connectivity index (χ0v) is 9.21. The lowest BCUT2D eigenvalue weighted by atomic mass is 9.78. The number of esters is 1. The van der Waals surface area contributed by atoms with Gasteiger partial charge in [-0.15, -0.1) is 0 Å². The van der Waals surface area contributed by atoms with Crippen molar-refractivity contribution in [2.75, 3.05) is 0 Å². The van der Waals surface area contributed by atoms with E-state index in [4.69, 9.17) is 4.74 Å². The molecule has 1 rings (SSSR count). The van der Waals surface area contributed by atoms with Crippen LogP contribution in [0.3, 0.4) is 0 Å². The van der Waals surface area contributed by atoms with Crippen LogP contribution in [0.4, 0.5) is 0 Å². The van der Waals surface area contributed by atoms with E-state index in [0.29, 0.717) is 5.92 Å². The van der Waals surface area contributed by atoms with E-state index in [1.165, 1.54) is 26.2 Å². The molecule has 2 nitrogen and oxygen atoms in total. The average Bonchev–Trinajstić information content (AvgIpc) is 2.18. The molecule has 1 aliphatic carbocycles. The highest BCUT2D eigenvalue weighted by Gasteiger charge is 2.34. The molecule has 0 saturated heterocycles. The largest absolute Gasteiger partial charge is 0.455 e. The first kappa shape index (κ1) is 11.3. The molecule has 14 heavy (non-hydrogen) atoms. The van der Waals surface area contributed by atoms with E-state index in [1.807, 2.05) is 6.92 Å². The Morgan fingerprint density at radius 3 is 2.43 bits per heavy atom. The van der Waals surface area contributed by atoms with Crippen molar-refractivity contribution in [2.45, 2.75) is 51.6 Å². The molecule has 0 aliphatic heterocycles. The highest BCUT2D eigenvalue weighted by atomic mass is 16.6. The Balaban J connectivity index is 2.65. The molecule has 2 heteroatoms. The predicted molar refractivity (Wildman–Crippen MR) is 56.9 cm³/mol. The quantitative estimate of drug-likeness (QED) is 0.512. The van der Waals surface area contributed by atoms with Gasteiger partial charge in [0.05, 0.1) is 0 Å². The molecule has 0 aromatic rings. The number of ether oxygens (including phenoxy) is 1. The number of rotatable bonds is 3. The molecule has 0 aromatic carbocycles. The van der Waals surface area contributed by atoms with Crippen LogP contribution in [-0.4, -0.2) is 11.6 Å². The fourth-order valence-electron chi connectivity index (χ4n) is 2.28. The maximum Gasteiger partial charge on any atom is 0.303 e. The van der Waals surface area contributed by atoms with Crippen molar-refractivity contribution in [3.8, 4) is 0 Å². The maximum absolute atomic E-state index is 11.0. The summed E-state index contributed by atoms with van der Waals surface area (Å²) in [5.74, 6) is 0.246. The fourth-order valence-corrected chi connectivity index (χ4v) is 2.28. The van der Waals surface area contributed by atoms with Crippen molar-refractivity contribution in [1.29, 1.82) is 0 Å². The SMILES string of the molecule is C=C[C@](C)(OC(C)=O)C1CCCCC1. The minimum atomic E-state index is -0.452. The summed E-state index contributed by atoms with van der Waals surface area (Å²) in [5.41, 5.74) is -0.452. The Hall–Kier alpha value is -0.790. The van der Waals surface area contributed by atoms with E-state index in [0.717, 1.165) is 12.8 Å². The van der Waals surface area contributed by atoms with Gasteiger partial charge in [-0.2, -0.15) is 0 Å². The van der Waals surface area contributed by atoms with E-state index >= 15 is 0 Å². The lowest BCUT2D eigenvalue weighted by Gasteiger charge is -2.36. The number of carbonyl (C=O) groups is 1. The second-order valence-electron chi connectivity index (χ2n) is 4.32. The van der Waals surface area contributed by atoms with Crippen LogP contribution in [0.15, 0.2) is 12.7 Å². The van der Waals surface area contributed by atoms with E-state index in [2.05, 4.69) is 6.58 Å². The van der Waals surface area contributed by atoms with Gasteiger partial charge in [-0.3, -0.25) is 4.79 Å². The van der Waals surface area contributed by atoms with Gasteiger partial charge in [-0.1, -0.05) is 25.8 Å². The second kappa shape index (κ2) is 4.63. The minimum Gasteiger partial charge on any atom is -0.455 e. The van der Waals surface area contributed by atoms with Crippen LogP contribution in [0.2, 0.25) is 0 Å². The van der Waals surface area contributed by atoms with Crippen LogP contribution in [0.1, 0.15) is 46.0 Å². The van der Waals surface area contributed by atoms with Crippen LogP contribution in [0.25, 0.3) is 0 Å². The third kappa shape index (κ3) is 2.60. The third-order valence-electron chi connectivity index (χ3n) is 3.18. The lowest BCUT2D eigenvalue weighted by Crippen LogP contribution is -2.38. The molecule has 0 bridgehead atoms. The van der Waals surface area contributed by atoms with Crippen molar-refractivity contribution in [3.63, 3.8) is 0 Å². The van der Waals surface area contributed by atoms with Crippen molar-refractivity contribution < 1.29 is 9.53 Å². The zero-order chi connectivity index (χ0) is 10.6. The Morgan fingerprint density at radius 1 is 1.43 bits per heavy atom. The van der Waals surface area contributed by atoms with Gasteiger partial charge in [-0.05, 0) is 25.8 Å². The van der Waals surface area contributed by atoms with Gasteiger partial charge in [0.2, 0.25) is 0 Å². The third-order valence-corrected chi connectivity index (χ3v) is 3.18. The van der Waals surface area contributed by atoms with E-state index < -0.39 is 5.60 Å². The zero-order valence-electron chi connectivity index (χ0n) is 9.21. The van der Waals surface area contributed by atoms with Gasteiger partial charge in [0.25, 0.3) is 0 Å². The number of carbonyl (C=O) groups excluding carboxylic acids is 1. The Labute approximate surface area is 86.3 Å². The van der Waals surface area contributed by atoms with Crippen LogP contribution in [0, 0.1) is 5.92 Å². The van der Waals surface area contributed by atoms with Crippen LogP contribution < -0.4 is 0 Å². The van der Waals surface area contributed by atoms with E-state index in [9.17, 15) is 4.79 Å². The van der Waals surface area contributed by atoms with Crippen LogP contribution >= 0.6 is 0 Å². The Morgan fingerprint density at radius 2 is 2.00 bits per heavy atom. The summed E-state index contributed by atoms with van der Waals surface area (Å²) in [4.78, 5) is 11.0. The van der Waals surface area contributed by atoms with Gasteiger partial charge in [0, 0.05) is 12.8 Å². The highest BCUT2D eigenvalue weighted by Crippen LogP contribution is 2.35. The molecule has 1 atom stereocenters. The Bertz CT molecular complexity index is 216. The standard InChI is InChI=1S/C12H20O2/c1-4-12(3,14-10(2)13)11-8-6-5-7-9-11/h4,11H,1,5-9H2,2-3H3/t12-/m0/s1. The van der Waals surface area contributed by atoms with Crippen molar-refractivity contribution >= 4 is 5.97 Å². The molecule has 0 heterocycles. The summed E-state index contributed by atoms with van der Waals surface area (Å²) in [6.45, 7) is 7.22. The van der Waals surface area contributed by atoms with E-state index in [1.54, 1.807) is 6.08 Å². The van der Waals surface area contributed by atoms with Crippen molar-refractivity contribution in [1.82, 2.24) is 0 Å². The molecule has 0 radical (unpaired) electrons. The van der Waals surface area contributed by atoms with Crippen molar-refractivity contribution in [3.05, 3.63) is 12.7 Å². The maximum atomic E-state index is 11.0. The Kier molecular flexibility index (Phi) is 3.73. The second-order valence-corrected chi connectivity index (χ2v) is 4.32. The molecule has 0 N–H and O–H groups in total. The smallest absolute Gasteiger partial charge is 0.303 e. The number of hydrogen-bond donors (Lipinski definition) is 0. The molecule has 0 aromatic heterocycles. The summed E-state index contributed by atoms with van der Waals surface area (Å²) in [5, 5.41) is 0. The first-order chi connectivity index (χ1) is 6.58. The molecule has 0 spiro atoms. The minimum absolute atomic E-state index is 0.210. The van der Waals surface area contributed by atoms with Crippen molar-refractivity contribution in [2.24, 2.45) is 5.92 Å². The fraction of sp³-hybridized carbons (Fsp3) is 0.750. The summed E-state index contributed by atoms with van der Waals surface area (Å²) in [6, 6.07) is 0. The highest BCUT2D eigenvalue weighted by molar-refractivity contribution is 5.66. The normalized spacial score (nSPS) is 22.4. The van der Waals surface area contributed by atoms with Crippen LogP contribution in [0.5, 0.6) is 0 Å². The van der Waals surface area contributed by atoms with Gasteiger partial charge in [-0.25, -0.2) is 0 Å². The topological polar surface area (TPSA) is 26.3 Å². The average molecular weight is 196 g/mol. The molecule has 1 aliphatic rings. The summed E-state index contributed by atoms with van der Waals surface area (Å²) < 4.78 is 5.37. The van der Waals surface area contributed by atoms with Gasteiger partial charge in [0.15, 0.2) is 0 Å². The molecule has 0 amide bonds. The summed E-state index contributed by atoms with van der Waals surface area (Å²) >= 11 is 0. The first-order valence-corrected chi connectivity index (χ1v) is 5.41. The molecule has 80 valence electrons. The summed E-state index contributed by atoms with van der Waals surface area (Å²) in [7, 11) is 0. The molecule has 0 unspecified atom stereocenters. The number of hydrogen-bond acceptors (Lipinski definition) is 2. The van der Waals surface area contributed by atoms with Gasteiger partial charge >= 0.3 is 5.97 Å². The van der Waals surface area contributed by atoms with Crippen LogP contribution in [-0.2, 0) is 9.53 Å². The summed E-state index contributed by atoms with van der Waals surface area (Å²) in [6.07, 6.45) is 7.88. The molecule has 1 saturated carbocycles. The van der Waals surface area contributed by atoms with Gasteiger partial charge < -0.3 is 4.74 Å². The molecule has 1 fully saturated rings. The van der Waals surface area contributed by atoms with Gasteiger partial charge in [0.1, 0.15) is 5.60 Å². The lowest BCUT2D eigenvalue weighted by molar-refractivity contribution is -0.156. The monoisotopic (exact) mass is 196 g/mol. The molecular weight excluding hydrogens is 176 g/mol. The first-order valence-electron chi connectivity index (χ1n) is 5.41. The predicted octanol–water partition coefficient (Wildman–Crippen LogP) is 3.07. The molecular formula is C12H20O2. The van der Waals surface area contributed by atoms with E-state index in [-0.39, 0.29) is 5.97 Å².